The summed E-state index contributed by atoms with van der Waals surface area (Å²) in [7, 11) is 1.84. The smallest absolute Gasteiger partial charge is 0.137 e. The summed E-state index contributed by atoms with van der Waals surface area (Å²) in [5, 5.41) is 3.18. The molecule has 0 spiro atoms. The summed E-state index contributed by atoms with van der Waals surface area (Å²) in [4.78, 5) is 4.36. The molecule has 1 aromatic heterocycles. The average molecular weight is 312 g/mol. The zero-order valence-electron chi connectivity index (χ0n) is 10.3. The third-order valence-corrected chi connectivity index (χ3v) is 3.76. The lowest BCUT2D eigenvalue weighted by Gasteiger charge is -2.19. The highest BCUT2D eigenvalue weighted by Gasteiger charge is 2.20. The quantitative estimate of drug-likeness (QED) is 0.940. The van der Waals surface area contributed by atoms with Gasteiger partial charge in [0.05, 0.1) is 10.5 Å². The molecule has 96 valence electrons. The molecule has 1 heterocycles. The molecule has 0 aliphatic heterocycles. The van der Waals surface area contributed by atoms with Crippen molar-refractivity contribution in [3.8, 4) is 0 Å². The molecule has 0 saturated carbocycles. The van der Waals surface area contributed by atoms with Crippen LogP contribution in [0.4, 0.5) is 4.39 Å². The van der Waals surface area contributed by atoms with Gasteiger partial charge in [0.15, 0.2) is 0 Å². The van der Waals surface area contributed by atoms with Crippen molar-refractivity contribution < 1.29 is 4.39 Å². The van der Waals surface area contributed by atoms with Gasteiger partial charge in [-0.05, 0) is 41.5 Å². The molecule has 1 N–H and O–H groups in total. The summed E-state index contributed by atoms with van der Waals surface area (Å²) in [5.74, 6) is 0.619. The minimum Gasteiger partial charge on any atom is -0.334 e. The maximum atomic E-state index is 13.6. The largest absolute Gasteiger partial charge is 0.334 e. The third-order valence-electron chi connectivity index (χ3n) is 2.93. The summed E-state index contributed by atoms with van der Waals surface area (Å²) in [6.45, 7) is 2.89. The summed E-state index contributed by atoms with van der Waals surface area (Å²) in [6.07, 6.45) is 3.68. The molecule has 0 radical (unpaired) electrons. The highest BCUT2D eigenvalue weighted by Crippen LogP contribution is 2.29. The van der Waals surface area contributed by atoms with Gasteiger partial charge in [0, 0.05) is 18.9 Å². The van der Waals surface area contributed by atoms with Gasteiger partial charge in [-0.3, -0.25) is 0 Å². The highest BCUT2D eigenvalue weighted by molar-refractivity contribution is 9.10. The van der Waals surface area contributed by atoms with Gasteiger partial charge in [0.25, 0.3) is 0 Å². The van der Waals surface area contributed by atoms with E-state index in [2.05, 4.69) is 33.2 Å². The fourth-order valence-corrected chi connectivity index (χ4v) is 2.51. The van der Waals surface area contributed by atoms with Gasteiger partial charge in [0.2, 0.25) is 0 Å². The lowest BCUT2D eigenvalue weighted by molar-refractivity contribution is 0.575. The van der Waals surface area contributed by atoms with E-state index >= 15 is 0 Å². The number of rotatable bonds is 4. The van der Waals surface area contributed by atoms with E-state index < -0.39 is 0 Å². The van der Waals surface area contributed by atoms with Crippen molar-refractivity contribution in [2.45, 2.75) is 19.5 Å². The van der Waals surface area contributed by atoms with Crippen molar-refractivity contribution in [1.82, 2.24) is 14.9 Å². The zero-order valence-corrected chi connectivity index (χ0v) is 11.9. The van der Waals surface area contributed by atoms with E-state index in [4.69, 9.17) is 0 Å². The fourth-order valence-electron chi connectivity index (χ4n) is 2.02. The molecule has 0 aliphatic rings. The van der Waals surface area contributed by atoms with E-state index in [1.807, 2.05) is 23.9 Å². The van der Waals surface area contributed by atoms with Crippen LogP contribution >= 0.6 is 15.9 Å². The maximum Gasteiger partial charge on any atom is 0.137 e. The first kappa shape index (κ1) is 13.2. The molecule has 1 atom stereocenters. The van der Waals surface area contributed by atoms with Gasteiger partial charge in [-0.1, -0.05) is 12.1 Å². The normalized spacial score (nSPS) is 12.7. The van der Waals surface area contributed by atoms with Crippen LogP contribution in [-0.4, -0.2) is 16.6 Å². The molecule has 0 saturated heterocycles. The van der Waals surface area contributed by atoms with E-state index in [1.165, 1.54) is 6.07 Å². The molecule has 3 nitrogen and oxygen atoms in total. The van der Waals surface area contributed by atoms with Crippen LogP contribution in [0.1, 0.15) is 24.4 Å². The van der Waals surface area contributed by atoms with Gasteiger partial charge in [-0.25, -0.2) is 9.37 Å². The summed E-state index contributed by atoms with van der Waals surface area (Å²) in [5.41, 5.74) is 0.846. The van der Waals surface area contributed by atoms with E-state index in [1.54, 1.807) is 12.3 Å². The van der Waals surface area contributed by atoms with Crippen molar-refractivity contribution >= 4 is 15.9 Å². The Hall–Kier alpha value is -1.20. The number of hydrogen-bond acceptors (Lipinski definition) is 2. The van der Waals surface area contributed by atoms with Crippen LogP contribution in [0, 0.1) is 5.82 Å². The van der Waals surface area contributed by atoms with Crippen LogP contribution in [0.2, 0.25) is 0 Å². The van der Waals surface area contributed by atoms with Gasteiger partial charge < -0.3 is 9.88 Å². The van der Waals surface area contributed by atoms with Crippen LogP contribution < -0.4 is 5.32 Å². The molecule has 0 bridgehead atoms. The first-order chi connectivity index (χ1) is 8.69. The van der Waals surface area contributed by atoms with Crippen molar-refractivity contribution in [3.05, 3.63) is 52.3 Å². The van der Waals surface area contributed by atoms with Crippen molar-refractivity contribution in [3.63, 3.8) is 0 Å². The second-order valence-electron chi connectivity index (χ2n) is 3.94. The molecule has 0 aliphatic carbocycles. The van der Waals surface area contributed by atoms with E-state index in [-0.39, 0.29) is 11.9 Å². The minimum absolute atomic E-state index is 0.134. The Morgan fingerprint density at radius 2 is 2.28 bits per heavy atom. The third kappa shape index (κ3) is 2.33. The second kappa shape index (κ2) is 5.63. The van der Waals surface area contributed by atoms with Gasteiger partial charge in [-0.2, -0.15) is 0 Å². The van der Waals surface area contributed by atoms with E-state index in [0.717, 1.165) is 17.9 Å². The lowest BCUT2D eigenvalue weighted by atomic mass is 10.1. The zero-order chi connectivity index (χ0) is 13.1. The standard InChI is InChI=1S/C13H15BrFN3/c1-3-18-8-7-17-13(18)12(16-2)9-5-4-6-10(15)11(9)14/h4-8,12,16H,3H2,1-2H3. The van der Waals surface area contributed by atoms with Crippen LogP contribution in [-0.2, 0) is 6.54 Å². The minimum atomic E-state index is -0.262. The number of nitrogens with zero attached hydrogens (tertiary/aromatic N) is 2. The van der Waals surface area contributed by atoms with Crippen molar-refractivity contribution in [2.24, 2.45) is 0 Å². The van der Waals surface area contributed by atoms with Gasteiger partial charge in [0.1, 0.15) is 11.6 Å². The SMILES string of the molecule is CCn1ccnc1C(NC)c1cccc(F)c1Br. The molecular formula is C13H15BrFN3. The Labute approximate surface area is 114 Å². The summed E-state index contributed by atoms with van der Waals surface area (Å²) < 4.78 is 16.1. The molecule has 0 amide bonds. The summed E-state index contributed by atoms with van der Waals surface area (Å²) in [6, 6.07) is 4.90. The molecule has 1 unspecified atom stereocenters. The number of benzene rings is 1. The molecule has 1 aromatic carbocycles. The predicted molar refractivity (Wildman–Crippen MR) is 72.9 cm³/mol. The fraction of sp³-hybridized carbons (Fsp3) is 0.308. The second-order valence-corrected chi connectivity index (χ2v) is 4.73. The number of nitrogens with one attached hydrogen (secondary N) is 1. The van der Waals surface area contributed by atoms with Crippen molar-refractivity contribution in [2.75, 3.05) is 7.05 Å². The molecular weight excluding hydrogens is 297 g/mol. The number of aromatic nitrogens is 2. The molecule has 2 rings (SSSR count). The van der Waals surface area contributed by atoms with E-state index in [9.17, 15) is 4.39 Å². The Morgan fingerprint density at radius 1 is 1.50 bits per heavy atom. The number of hydrogen-bond donors (Lipinski definition) is 1. The van der Waals surface area contributed by atoms with Crippen molar-refractivity contribution in [1.29, 1.82) is 0 Å². The van der Waals surface area contributed by atoms with Gasteiger partial charge >= 0.3 is 0 Å². The Kier molecular flexibility index (Phi) is 4.14. The van der Waals surface area contributed by atoms with E-state index in [0.29, 0.717) is 4.47 Å². The summed E-state index contributed by atoms with van der Waals surface area (Å²) >= 11 is 3.30. The van der Waals surface area contributed by atoms with Crippen LogP contribution in [0.25, 0.3) is 0 Å². The number of halogens is 2. The highest BCUT2D eigenvalue weighted by atomic mass is 79.9. The predicted octanol–water partition coefficient (Wildman–Crippen LogP) is 3.11. The number of imidazole rings is 1. The lowest BCUT2D eigenvalue weighted by Crippen LogP contribution is -2.22. The number of aryl methyl sites for hydroxylation is 1. The average Bonchev–Trinajstić information content (AvgIpc) is 2.83. The first-order valence-corrected chi connectivity index (χ1v) is 6.60. The topological polar surface area (TPSA) is 29.9 Å². The van der Waals surface area contributed by atoms with Gasteiger partial charge in [-0.15, -0.1) is 0 Å². The first-order valence-electron chi connectivity index (χ1n) is 5.81. The van der Waals surface area contributed by atoms with Crippen LogP contribution in [0.5, 0.6) is 0 Å². The molecule has 0 fully saturated rings. The monoisotopic (exact) mass is 311 g/mol. The van der Waals surface area contributed by atoms with Crippen LogP contribution in [0.15, 0.2) is 35.1 Å². The Bertz CT molecular complexity index is 539. The molecule has 5 heteroatoms. The Morgan fingerprint density at radius 3 is 2.94 bits per heavy atom. The maximum absolute atomic E-state index is 13.6. The molecule has 18 heavy (non-hydrogen) atoms. The van der Waals surface area contributed by atoms with Crippen LogP contribution in [0.3, 0.4) is 0 Å². The molecule has 2 aromatic rings. The Balaban J connectivity index is 2.49.